The molecule has 0 aliphatic carbocycles. The minimum absolute atomic E-state index is 0.131. The Hall–Kier alpha value is -1.39. The highest BCUT2D eigenvalue weighted by molar-refractivity contribution is 9.09. The Morgan fingerprint density at radius 1 is 1.08 bits per heavy atom. The molecule has 0 aliphatic heterocycles. The number of allylic oxidation sites excluding steroid dienone is 5. The van der Waals surface area contributed by atoms with Crippen LogP contribution in [0.3, 0.4) is 0 Å². The number of hydrogen-bond acceptors (Lipinski definition) is 3. The quantitative estimate of drug-likeness (QED) is 0.251. The summed E-state index contributed by atoms with van der Waals surface area (Å²) in [6.07, 6.45) is 10.8. The molecule has 26 heavy (non-hydrogen) atoms. The van der Waals surface area contributed by atoms with E-state index in [2.05, 4.69) is 55.8 Å². The summed E-state index contributed by atoms with van der Waals surface area (Å²) in [5.41, 5.74) is 4.58. The van der Waals surface area contributed by atoms with Crippen LogP contribution in [0.1, 0.15) is 58.9 Å². The molecule has 0 spiro atoms. The molecule has 1 aromatic rings. The topological polar surface area (TPSA) is 29.5 Å². The molecule has 0 bridgehead atoms. The highest BCUT2D eigenvalue weighted by Gasteiger charge is 2.11. The number of ether oxygens (including phenoxy) is 1. The molecule has 0 amide bonds. The van der Waals surface area contributed by atoms with E-state index in [0.717, 1.165) is 25.7 Å². The number of halogens is 1. The van der Waals surface area contributed by atoms with Crippen LogP contribution in [-0.4, -0.2) is 15.2 Å². The molecule has 1 aromatic carbocycles. The molecular weight excluding hydrogens is 408 g/mol. The Balaban J connectivity index is 2.45. The number of aromatic hydroxyl groups is 1. The van der Waals surface area contributed by atoms with Gasteiger partial charge in [-0.15, -0.1) is 0 Å². The van der Waals surface area contributed by atoms with Gasteiger partial charge in [0.1, 0.15) is 5.75 Å². The van der Waals surface area contributed by atoms with Crippen LogP contribution in [0.25, 0.3) is 0 Å². The van der Waals surface area contributed by atoms with Crippen LogP contribution >= 0.6 is 28.1 Å². The molecule has 0 saturated heterocycles. The van der Waals surface area contributed by atoms with E-state index in [9.17, 15) is 5.11 Å². The van der Waals surface area contributed by atoms with Gasteiger partial charge in [-0.3, -0.25) is 0 Å². The minimum atomic E-state index is -0.308. The number of para-hydroxylation sites is 1. The first kappa shape index (κ1) is 22.7. The molecule has 2 nitrogen and oxygen atoms in total. The predicted molar refractivity (Wildman–Crippen MR) is 119 cm³/mol. The highest BCUT2D eigenvalue weighted by Crippen LogP contribution is 2.21. The summed E-state index contributed by atoms with van der Waals surface area (Å²) in [4.78, 5) is 0. The monoisotopic (exact) mass is 436 g/mol. The van der Waals surface area contributed by atoms with Crippen molar-refractivity contribution in [2.24, 2.45) is 0 Å². The first-order valence-corrected chi connectivity index (χ1v) is 10.2. The second-order valence-corrected chi connectivity index (χ2v) is 7.97. The minimum Gasteiger partial charge on any atom is -0.507 e. The van der Waals surface area contributed by atoms with Gasteiger partial charge in [-0.1, -0.05) is 41.0 Å². The molecule has 0 saturated carbocycles. The molecular formula is C22H29BrO2S. The van der Waals surface area contributed by atoms with E-state index in [1.165, 1.54) is 16.7 Å². The summed E-state index contributed by atoms with van der Waals surface area (Å²) in [6, 6.07) is 6.92. The largest absolute Gasteiger partial charge is 0.507 e. The van der Waals surface area contributed by atoms with Gasteiger partial charge in [0.2, 0.25) is 0 Å². The van der Waals surface area contributed by atoms with Crippen LogP contribution in [0.15, 0.2) is 59.2 Å². The zero-order valence-electron chi connectivity index (χ0n) is 16.1. The lowest BCUT2D eigenvalue weighted by atomic mass is 10.1. The summed E-state index contributed by atoms with van der Waals surface area (Å²) in [5, 5.41) is 9.80. The Morgan fingerprint density at radius 2 is 1.69 bits per heavy atom. The third-order valence-electron chi connectivity index (χ3n) is 3.88. The molecule has 1 atom stereocenters. The van der Waals surface area contributed by atoms with Crippen LogP contribution in [0.5, 0.6) is 5.75 Å². The fraction of sp³-hybridized carbons (Fsp3) is 0.409. The van der Waals surface area contributed by atoms with Gasteiger partial charge >= 0.3 is 0 Å². The zero-order chi connectivity index (χ0) is 19.5. The van der Waals surface area contributed by atoms with Crippen LogP contribution < -0.4 is 0 Å². The second-order valence-electron chi connectivity index (χ2n) is 6.70. The van der Waals surface area contributed by atoms with Gasteiger partial charge in [-0.05, 0) is 99.7 Å². The summed E-state index contributed by atoms with van der Waals surface area (Å²) < 4.78 is 5.68. The van der Waals surface area contributed by atoms with Crippen molar-refractivity contribution in [3.05, 3.63) is 64.8 Å². The number of phenols is 1. The molecule has 0 fully saturated rings. The second kappa shape index (κ2) is 12.1. The van der Waals surface area contributed by atoms with Gasteiger partial charge in [0.25, 0.3) is 0 Å². The molecule has 1 rings (SSSR count). The number of alkyl halides is 1. The predicted octanol–water partition coefficient (Wildman–Crippen LogP) is 7.22. The van der Waals surface area contributed by atoms with Gasteiger partial charge < -0.3 is 9.84 Å². The van der Waals surface area contributed by atoms with Crippen molar-refractivity contribution in [2.75, 3.05) is 0 Å². The molecule has 0 aromatic heterocycles. The van der Waals surface area contributed by atoms with Crippen molar-refractivity contribution in [3.8, 4) is 5.75 Å². The van der Waals surface area contributed by atoms with E-state index < -0.39 is 0 Å². The summed E-state index contributed by atoms with van der Waals surface area (Å²) in [5.74, 6) is 0.131. The Kier molecular flexibility index (Phi) is 10.5. The maximum Gasteiger partial charge on any atom is 0.196 e. The maximum absolute atomic E-state index is 9.83. The van der Waals surface area contributed by atoms with Crippen molar-refractivity contribution in [2.45, 2.75) is 58.4 Å². The Morgan fingerprint density at radius 3 is 2.35 bits per heavy atom. The van der Waals surface area contributed by atoms with E-state index >= 15 is 0 Å². The van der Waals surface area contributed by atoms with E-state index in [1.54, 1.807) is 18.2 Å². The van der Waals surface area contributed by atoms with Crippen molar-refractivity contribution >= 4 is 33.2 Å². The molecule has 4 heteroatoms. The number of rotatable bonds is 9. The molecule has 0 radical (unpaired) electrons. The third kappa shape index (κ3) is 9.35. The van der Waals surface area contributed by atoms with Crippen molar-refractivity contribution in [3.63, 3.8) is 0 Å². The van der Waals surface area contributed by atoms with Gasteiger partial charge in [0, 0.05) is 0 Å². The van der Waals surface area contributed by atoms with E-state index in [4.69, 9.17) is 17.0 Å². The number of hydrogen-bond donors (Lipinski definition) is 1. The SMILES string of the molecule is CC(C)=CCCC(C)=CCCC(C)=CC(Br)OC(=S)c1ccccc1O. The molecule has 142 valence electrons. The third-order valence-corrected chi connectivity index (χ3v) is 4.65. The van der Waals surface area contributed by atoms with Crippen molar-refractivity contribution < 1.29 is 9.84 Å². The lowest BCUT2D eigenvalue weighted by Crippen LogP contribution is -2.10. The fourth-order valence-electron chi connectivity index (χ4n) is 2.39. The lowest BCUT2D eigenvalue weighted by Gasteiger charge is -2.12. The zero-order valence-corrected chi connectivity index (χ0v) is 18.5. The fourth-order valence-corrected chi connectivity index (χ4v) is 3.43. The van der Waals surface area contributed by atoms with Gasteiger partial charge in [0.15, 0.2) is 10.1 Å². The normalized spacial score (nSPS) is 13.3. The van der Waals surface area contributed by atoms with Crippen LogP contribution in [0.4, 0.5) is 0 Å². The van der Waals surface area contributed by atoms with E-state index in [1.807, 2.05) is 12.1 Å². The average molecular weight is 437 g/mol. The van der Waals surface area contributed by atoms with E-state index in [0.29, 0.717) is 5.56 Å². The highest BCUT2D eigenvalue weighted by atomic mass is 79.9. The summed E-state index contributed by atoms with van der Waals surface area (Å²) >= 11 is 8.74. The standard InChI is InChI=1S/C22H29BrO2S/c1-16(2)9-7-10-17(3)11-8-12-18(4)15-21(23)25-22(26)19-13-5-6-14-20(19)24/h5-6,9,11,13-15,21,24H,7-8,10,12H2,1-4H3. The van der Waals surface area contributed by atoms with Crippen LogP contribution in [-0.2, 0) is 4.74 Å². The van der Waals surface area contributed by atoms with Gasteiger partial charge in [0.05, 0.1) is 5.56 Å². The molecule has 0 aliphatic rings. The van der Waals surface area contributed by atoms with Crippen molar-refractivity contribution in [1.82, 2.24) is 0 Å². The molecule has 1 unspecified atom stereocenters. The summed E-state index contributed by atoms with van der Waals surface area (Å²) in [7, 11) is 0. The first-order chi connectivity index (χ1) is 12.3. The number of phenolic OH excluding ortho intramolecular Hbond substituents is 1. The van der Waals surface area contributed by atoms with Crippen LogP contribution in [0, 0.1) is 0 Å². The smallest absolute Gasteiger partial charge is 0.196 e. The van der Waals surface area contributed by atoms with Gasteiger partial charge in [-0.2, -0.15) is 0 Å². The summed E-state index contributed by atoms with van der Waals surface area (Å²) in [6.45, 7) is 8.56. The maximum atomic E-state index is 9.83. The Labute approximate surface area is 171 Å². The van der Waals surface area contributed by atoms with Crippen LogP contribution in [0.2, 0.25) is 0 Å². The first-order valence-electron chi connectivity index (χ1n) is 8.89. The van der Waals surface area contributed by atoms with E-state index in [-0.39, 0.29) is 15.8 Å². The van der Waals surface area contributed by atoms with Crippen molar-refractivity contribution in [1.29, 1.82) is 0 Å². The molecule has 1 N–H and O–H groups in total. The lowest BCUT2D eigenvalue weighted by molar-refractivity contribution is 0.332. The molecule has 0 heterocycles. The average Bonchev–Trinajstić information content (AvgIpc) is 2.54. The Bertz CT molecular complexity index is 685. The number of thiocarbonyl (C=S) groups is 1. The number of benzene rings is 1. The van der Waals surface area contributed by atoms with Gasteiger partial charge in [-0.25, -0.2) is 0 Å².